The molecule has 0 aliphatic heterocycles. The van der Waals surface area contributed by atoms with Crippen LogP contribution in [0, 0.1) is 16.0 Å². The van der Waals surface area contributed by atoms with Gasteiger partial charge in [0, 0.05) is 6.04 Å². The molecular formula is C22H26N4O7. The third kappa shape index (κ3) is 6.09. The summed E-state index contributed by atoms with van der Waals surface area (Å²) < 4.78 is 11.0. The smallest absolute Gasteiger partial charge is 0.395 e. The number of nitrogens with zero attached hydrogens (tertiary/aromatic N) is 2. The van der Waals surface area contributed by atoms with Crippen molar-refractivity contribution < 1.29 is 24.3 Å². The molecule has 2 atom stereocenters. The number of hydrogen-bond acceptors (Lipinski definition) is 8. The molecule has 1 aromatic carbocycles. The molecule has 33 heavy (non-hydrogen) atoms. The molecule has 1 amide bonds. The Kier molecular flexibility index (Phi) is 7.65. The van der Waals surface area contributed by atoms with Crippen LogP contribution in [0.4, 0.5) is 5.69 Å². The lowest BCUT2D eigenvalue weighted by atomic mass is 9.86. The average molecular weight is 458 g/mol. The number of methoxy groups -OCH3 is 1. The number of aromatic amines is 1. The van der Waals surface area contributed by atoms with E-state index in [0.717, 1.165) is 19.3 Å². The van der Waals surface area contributed by atoms with Gasteiger partial charge in [-0.2, -0.15) is 4.98 Å². The second kappa shape index (κ2) is 10.6. The fourth-order valence-electron chi connectivity index (χ4n) is 3.72. The van der Waals surface area contributed by atoms with E-state index < -0.39 is 22.0 Å². The van der Waals surface area contributed by atoms with Gasteiger partial charge in [-0.1, -0.05) is 31.9 Å². The van der Waals surface area contributed by atoms with Gasteiger partial charge in [-0.3, -0.25) is 19.7 Å². The zero-order valence-electron chi connectivity index (χ0n) is 18.4. The highest BCUT2D eigenvalue weighted by Crippen LogP contribution is 2.29. The molecule has 0 spiro atoms. The van der Waals surface area contributed by atoms with Gasteiger partial charge in [0.05, 0.1) is 12.0 Å². The second-order valence-electron chi connectivity index (χ2n) is 7.85. The molecule has 11 nitrogen and oxygen atoms in total. The monoisotopic (exact) mass is 458 g/mol. The highest BCUT2D eigenvalue weighted by molar-refractivity contribution is 5.78. The summed E-state index contributed by atoms with van der Waals surface area (Å²) in [5.74, 6) is 0.0183. The maximum absolute atomic E-state index is 12.3. The maximum Gasteiger partial charge on any atom is 0.395 e. The van der Waals surface area contributed by atoms with Crippen LogP contribution in [0.15, 0.2) is 23.0 Å². The van der Waals surface area contributed by atoms with Crippen LogP contribution in [0.25, 0.3) is 12.2 Å². The summed E-state index contributed by atoms with van der Waals surface area (Å²) in [7, 11) is 1.47. The molecule has 1 fully saturated rings. The van der Waals surface area contributed by atoms with E-state index in [9.17, 15) is 24.8 Å². The van der Waals surface area contributed by atoms with Gasteiger partial charge in [0.15, 0.2) is 18.1 Å². The normalized spacial score (nSPS) is 18.1. The summed E-state index contributed by atoms with van der Waals surface area (Å²) in [6.45, 7) is 2.01. The first-order chi connectivity index (χ1) is 15.8. The number of benzene rings is 1. The van der Waals surface area contributed by atoms with Crippen molar-refractivity contribution in [1.82, 2.24) is 15.3 Å². The minimum absolute atomic E-state index is 0.0593. The molecule has 0 saturated heterocycles. The molecule has 0 bridgehead atoms. The average Bonchev–Trinajstić information content (AvgIpc) is 2.77. The van der Waals surface area contributed by atoms with Crippen molar-refractivity contribution in [2.24, 2.45) is 5.92 Å². The van der Waals surface area contributed by atoms with Crippen LogP contribution in [0.2, 0.25) is 0 Å². The van der Waals surface area contributed by atoms with Gasteiger partial charge in [-0.25, -0.2) is 0 Å². The number of nitrogens with one attached hydrogen (secondary N) is 2. The van der Waals surface area contributed by atoms with Gasteiger partial charge in [-0.15, -0.1) is 0 Å². The Hall–Kier alpha value is -3.89. The Morgan fingerprint density at radius 3 is 2.76 bits per heavy atom. The lowest BCUT2D eigenvalue weighted by molar-refractivity contribution is -0.387. The second-order valence-corrected chi connectivity index (χ2v) is 7.85. The molecule has 1 aliphatic rings. The Morgan fingerprint density at radius 2 is 2.09 bits per heavy atom. The quantitative estimate of drug-likeness (QED) is 0.402. The van der Waals surface area contributed by atoms with Crippen molar-refractivity contribution in [2.75, 3.05) is 13.7 Å². The van der Waals surface area contributed by atoms with E-state index in [2.05, 4.69) is 22.2 Å². The van der Waals surface area contributed by atoms with Gasteiger partial charge >= 0.3 is 11.2 Å². The van der Waals surface area contributed by atoms with Gasteiger partial charge in [0.25, 0.3) is 11.8 Å². The van der Waals surface area contributed by atoms with Crippen molar-refractivity contribution in [2.45, 2.75) is 38.6 Å². The first kappa shape index (κ1) is 23.8. The molecule has 11 heteroatoms. The molecule has 0 radical (unpaired) electrons. The van der Waals surface area contributed by atoms with E-state index in [4.69, 9.17) is 9.47 Å². The Labute approximate surface area is 189 Å². The number of aromatic hydroxyl groups is 1. The lowest BCUT2D eigenvalue weighted by Gasteiger charge is -2.29. The number of hydrogen-bond donors (Lipinski definition) is 3. The number of carbonyl (C=O) groups is 1. The van der Waals surface area contributed by atoms with Crippen molar-refractivity contribution in [3.05, 3.63) is 50.1 Å². The number of nitro groups is 1. The molecule has 1 heterocycles. The standard InChI is InChI=1S/C22H26N4O7/c1-13-5-3-4-6-15(13)23-19(27)12-33-16-9-7-14(11-17(16)32-2)8-10-18-24-21(28)20(26(30)31)22(29)25-18/h7-11,13,15H,3-6,12H2,1-2H3,(H,23,27)(H2,24,25,28,29)/b10-8+/t13-,15-/m1/s1. The molecular weight excluding hydrogens is 432 g/mol. The first-order valence-electron chi connectivity index (χ1n) is 10.5. The van der Waals surface area contributed by atoms with Crippen LogP contribution in [-0.4, -0.2) is 45.7 Å². The van der Waals surface area contributed by atoms with Gasteiger partial charge in [0.2, 0.25) is 0 Å². The van der Waals surface area contributed by atoms with Crippen LogP contribution in [-0.2, 0) is 4.79 Å². The molecule has 1 aromatic heterocycles. The number of ether oxygens (including phenoxy) is 2. The number of amides is 1. The summed E-state index contributed by atoms with van der Waals surface area (Å²) in [6.07, 6.45) is 7.33. The van der Waals surface area contributed by atoms with Crippen LogP contribution < -0.4 is 20.3 Å². The number of H-pyrrole nitrogens is 1. The van der Waals surface area contributed by atoms with Gasteiger partial charge in [-0.05, 0) is 42.5 Å². The predicted molar refractivity (Wildman–Crippen MR) is 120 cm³/mol. The van der Waals surface area contributed by atoms with Crippen molar-refractivity contribution in [3.63, 3.8) is 0 Å². The van der Waals surface area contributed by atoms with E-state index in [0.29, 0.717) is 23.0 Å². The van der Waals surface area contributed by atoms with Crippen molar-refractivity contribution in [1.29, 1.82) is 0 Å². The van der Waals surface area contributed by atoms with Crippen molar-refractivity contribution >= 4 is 23.7 Å². The topological polar surface area (TPSA) is 157 Å². The fraction of sp³-hybridized carbons (Fsp3) is 0.409. The van der Waals surface area contributed by atoms with Gasteiger partial charge in [0.1, 0.15) is 5.82 Å². The fourth-order valence-corrected chi connectivity index (χ4v) is 3.72. The number of carbonyl (C=O) groups excluding carboxylic acids is 1. The third-order valence-corrected chi connectivity index (χ3v) is 5.52. The molecule has 3 rings (SSSR count). The summed E-state index contributed by atoms with van der Waals surface area (Å²) in [5.41, 5.74) is -1.44. The highest BCUT2D eigenvalue weighted by atomic mass is 16.6. The molecule has 2 aromatic rings. The lowest BCUT2D eigenvalue weighted by Crippen LogP contribution is -2.43. The molecule has 1 saturated carbocycles. The zero-order chi connectivity index (χ0) is 24.0. The summed E-state index contributed by atoms with van der Waals surface area (Å²) >= 11 is 0. The van der Waals surface area contributed by atoms with E-state index in [1.54, 1.807) is 24.3 Å². The minimum atomic E-state index is -1.06. The Bertz CT molecular complexity index is 1110. The van der Waals surface area contributed by atoms with E-state index in [1.807, 2.05) is 0 Å². The largest absolute Gasteiger partial charge is 0.493 e. The number of aromatic nitrogens is 2. The van der Waals surface area contributed by atoms with Crippen LogP contribution >= 0.6 is 0 Å². The molecule has 3 N–H and O–H groups in total. The molecule has 1 aliphatic carbocycles. The SMILES string of the molecule is COc1cc(/C=C/c2nc(O)c([N+](=O)[O-])c(=O)[nH]2)ccc1OCC(=O)N[C@@H]1CCCC[C@H]1C. The first-order valence-corrected chi connectivity index (χ1v) is 10.5. The van der Waals surface area contributed by atoms with Crippen LogP contribution in [0.5, 0.6) is 17.4 Å². The van der Waals surface area contributed by atoms with E-state index in [1.165, 1.54) is 19.6 Å². The number of rotatable bonds is 8. The van der Waals surface area contributed by atoms with E-state index >= 15 is 0 Å². The third-order valence-electron chi connectivity index (χ3n) is 5.52. The summed E-state index contributed by atoms with van der Waals surface area (Å²) in [4.78, 5) is 39.6. The van der Waals surface area contributed by atoms with Gasteiger partial charge < -0.3 is 24.9 Å². The van der Waals surface area contributed by atoms with E-state index in [-0.39, 0.29) is 24.4 Å². The summed E-state index contributed by atoms with van der Waals surface area (Å²) in [6, 6.07) is 5.15. The minimum Gasteiger partial charge on any atom is -0.493 e. The Balaban J connectivity index is 1.65. The Morgan fingerprint density at radius 1 is 1.33 bits per heavy atom. The molecule has 176 valence electrons. The van der Waals surface area contributed by atoms with Crippen LogP contribution in [0.3, 0.4) is 0 Å². The predicted octanol–water partition coefficient (Wildman–Crippen LogP) is 2.64. The summed E-state index contributed by atoms with van der Waals surface area (Å²) in [5, 5.41) is 23.4. The highest BCUT2D eigenvalue weighted by Gasteiger charge is 2.23. The van der Waals surface area contributed by atoms with Crippen molar-refractivity contribution in [3.8, 4) is 17.4 Å². The van der Waals surface area contributed by atoms with Crippen LogP contribution in [0.1, 0.15) is 44.0 Å². The zero-order valence-corrected chi connectivity index (χ0v) is 18.4. The molecule has 0 unspecified atom stereocenters. The maximum atomic E-state index is 12.3.